The fraction of sp³-hybridized carbons (Fsp3) is 0.500. The van der Waals surface area contributed by atoms with Crippen molar-refractivity contribution in [3.63, 3.8) is 0 Å². The quantitative estimate of drug-likeness (QED) is 0.534. The Morgan fingerprint density at radius 3 is 2.77 bits per heavy atom. The zero-order chi connectivity index (χ0) is 22.0. The molecule has 1 unspecified atom stereocenters. The minimum atomic E-state index is 0.267. The van der Waals surface area contributed by atoms with Crippen LogP contribution in [-0.2, 0) is 11.2 Å². The molecule has 1 aromatic carbocycles. The van der Waals surface area contributed by atoms with Crippen LogP contribution in [0.2, 0.25) is 0 Å². The van der Waals surface area contributed by atoms with E-state index in [9.17, 15) is 4.79 Å². The van der Waals surface area contributed by atoms with Crippen molar-refractivity contribution in [2.75, 3.05) is 16.8 Å². The average Bonchev–Trinajstić information content (AvgIpc) is 3.14. The number of aromatic nitrogens is 1. The fourth-order valence-corrected chi connectivity index (χ4v) is 5.25. The normalized spacial score (nSPS) is 18.2. The van der Waals surface area contributed by atoms with Gasteiger partial charge in [-0.05, 0) is 89.0 Å². The molecule has 0 amide bonds. The number of pyridine rings is 1. The van der Waals surface area contributed by atoms with Gasteiger partial charge in [0.15, 0.2) is 0 Å². The third kappa shape index (κ3) is 4.98. The molecule has 0 bridgehead atoms. The molecule has 1 atom stereocenters. The minimum absolute atomic E-state index is 0.267. The monoisotopic (exact) mass is 435 g/mol. The van der Waals surface area contributed by atoms with Gasteiger partial charge in [0.05, 0.1) is 16.4 Å². The summed E-state index contributed by atoms with van der Waals surface area (Å²) < 4.78 is 0. The van der Waals surface area contributed by atoms with Crippen molar-refractivity contribution < 1.29 is 4.79 Å². The number of Topliss-reactive ketones (excluding diaryl/α,β-unsaturated/α-hetero) is 1. The Morgan fingerprint density at radius 1 is 1.19 bits per heavy atom. The highest BCUT2D eigenvalue weighted by atomic mass is 32.1. The summed E-state index contributed by atoms with van der Waals surface area (Å²) in [5, 5.41) is 3.44. The van der Waals surface area contributed by atoms with Gasteiger partial charge in [-0.25, -0.2) is 4.98 Å². The number of thiocarbonyl (C=S) groups is 1. The van der Waals surface area contributed by atoms with Crippen LogP contribution in [0.1, 0.15) is 67.3 Å². The number of carbonyl (C=O) groups is 1. The molecule has 0 radical (unpaired) electrons. The molecule has 1 saturated carbocycles. The molecular weight excluding hydrogens is 402 g/mol. The van der Waals surface area contributed by atoms with E-state index in [1.807, 2.05) is 0 Å². The van der Waals surface area contributed by atoms with Crippen LogP contribution in [0.4, 0.5) is 17.2 Å². The molecule has 1 aliphatic carbocycles. The lowest BCUT2D eigenvalue weighted by atomic mass is 9.99. The molecule has 5 heteroatoms. The maximum absolute atomic E-state index is 11.8. The first-order chi connectivity index (χ1) is 14.9. The number of fused-ring (bicyclic) bond motifs is 1. The van der Waals surface area contributed by atoms with E-state index >= 15 is 0 Å². The molecule has 2 aromatic rings. The van der Waals surface area contributed by atoms with E-state index in [-0.39, 0.29) is 5.92 Å². The van der Waals surface area contributed by atoms with Crippen molar-refractivity contribution in [3.8, 4) is 0 Å². The Balaban J connectivity index is 1.43. The van der Waals surface area contributed by atoms with Crippen LogP contribution in [-0.4, -0.2) is 22.3 Å². The van der Waals surface area contributed by atoms with Crippen LogP contribution < -0.4 is 10.2 Å². The third-order valence-corrected chi connectivity index (χ3v) is 6.97. The molecule has 31 heavy (non-hydrogen) atoms. The van der Waals surface area contributed by atoms with Gasteiger partial charge in [0.1, 0.15) is 11.6 Å². The number of carbonyl (C=O) groups excluding carboxylic acids is 1. The van der Waals surface area contributed by atoms with Crippen LogP contribution in [0.15, 0.2) is 24.3 Å². The van der Waals surface area contributed by atoms with Crippen molar-refractivity contribution in [3.05, 3.63) is 46.6 Å². The molecule has 4 nitrogen and oxygen atoms in total. The summed E-state index contributed by atoms with van der Waals surface area (Å²) in [6, 6.07) is 8.88. The highest BCUT2D eigenvalue weighted by molar-refractivity contribution is 7.80. The molecule has 1 fully saturated rings. The van der Waals surface area contributed by atoms with Gasteiger partial charge in [-0.2, -0.15) is 0 Å². The Morgan fingerprint density at radius 2 is 2.03 bits per heavy atom. The lowest BCUT2D eigenvalue weighted by molar-refractivity contribution is -0.120. The first-order valence-corrected chi connectivity index (χ1v) is 12.0. The summed E-state index contributed by atoms with van der Waals surface area (Å²) in [5.74, 6) is 1.72. The van der Waals surface area contributed by atoms with Gasteiger partial charge in [-0.1, -0.05) is 29.9 Å². The number of ketones is 1. The molecule has 1 N–H and O–H groups in total. The Hall–Kier alpha value is -2.27. The van der Waals surface area contributed by atoms with E-state index in [2.05, 4.69) is 55.3 Å². The van der Waals surface area contributed by atoms with Gasteiger partial charge in [-0.3, -0.25) is 4.79 Å². The molecular formula is C26H33N3OS. The van der Waals surface area contributed by atoms with Crippen molar-refractivity contribution in [1.82, 2.24) is 4.98 Å². The van der Waals surface area contributed by atoms with E-state index in [1.165, 1.54) is 16.8 Å². The number of nitrogens with zero attached hydrogens (tertiary/aromatic N) is 2. The summed E-state index contributed by atoms with van der Waals surface area (Å²) >= 11 is 5.61. The first kappa shape index (κ1) is 21.9. The topological polar surface area (TPSA) is 45.2 Å². The largest absolute Gasteiger partial charge is 0.348 e. The molecule has 164 valence electrons. The van der Waals surface area contributed by atoms with E-state index in [0.717, 1.165) is 85.7 Å². The van der Waals surface area contributed by atoms with E-state index in [0.29, 0.717) is 5.78 Å². The molecule has 2 aliphatic rings. The summed E-state index contributed by atoms with van der Waals surface area (Å²) in [5.41, 5.74) is 7.16. The number of nitrogens with one attached hydrogen (secondary N) is 1. The van der Waals surface area contributed by atoms with Gasteiger partial charge in [0.25, 0.3) is 0 Å². The average molecular weight is 436 g/mol. The van der Waals surface area contributed by atoms with Crippen LogP contribution >= 0.6 is 12.2 Å². The maximum atomic E-state index is 11.8. The van der Waals surface area contributed by atoms with Gasteiger partial charge >= 0.3 is 0 Å². The summed E-state index contributed by atoms with van der Waals surface area (Å²) in [6.45, 7) is 7.33. The Bertz CT molecular complexity index is 977. The zero-order valence-corrected chi connectivity index (χ0v) is 19.8. The number of hydrogen-bond acceptors (Lipinski definition) is 4. The van der Waals surface area contributed by atoms with E-state index in [4.69, 9.17) is 17.2 Å². The lowest BCUT2D eigenvalue weighted by Gasteiger charge is -2.31. The minimum Gasteiger partial charge on any atom is -0.348 e. The van der Waals surface area contributed by atoms with Crippen LogP contribution in [0.3, 0.4) is 0 Å². The highest BCUT2D eigenvalue weighted by Crippen LogP contribution is 2.35. The second kappa shape index (κ2) is 9.47. The highest BCUT2D eigenvalue weighted by Gasteiger charge is 2.24. The second-order valence-electron chi connectivity index (χ2n) is 9.14. The number of aryl methyl sites for hydroxylation is 4. The molecule has 0 spiro atoms. The maximum Gasteiger partial charge on any atom is 0.135 e. The molecule has 1 aliphatic heterocycles. The number of anilines is 3. The van der Waals surface area contributed by atoms with Crippen LogP contribution in [0.25, 0.3) is 0 Å². The van der Waals surface area contributed by atoms with Crippen molar-refractivity contribution in [1.29, 1.82) is 0 Å². The molecule has 2 heterocycles. The third-order valence-electron chi connectivity index (χ3n) is 6.67. The number of hydrogen-bond donors (Lipinski definition) is 1. The Labute approximate surface area is 191 Å². The van der Waals surface area contributed by atoms with Gasteiger partial charge in [-0.15, -0.1) is 0 Å². The van der Waals surface area contributed by atoms with Crippen molar-refractivity contribution in [2.45, 2.75) is 72.1 Å². The van der Waals surface area contributed by atoms with E-state index in [1.54, 1.807) is 0 Å². The first-order valence-electron chi connectivity index (χ1n) is 11.6. The second-order valence-corrected chi connectivity index (χ2v) is 9.63. The number of benzene rings is 1. The summed E-state index contributed by atoms with van der Waals surface area (Å²) in [6.07, 6.45) is 7.91. The van der Waals surface area contributed by atoms with Gasteiger partial charge in [0, 0.05) is 24.6 Å². The molecule has 1 aromatic heterocycles. The van der Waals surface area contributed by atoms with Crippen molar-refractivity contribution >= 4 is 40.2 Å². The van der Waals surface area contributed by atoms with Crippen LogP contribution in [0.5, 0.6) is 0 Å². The molecule has 0 saturated heterocycles. The van der Waals surface area contributed by atoms with E-state index < -0.39 is 0 Å². The fourth-order valence-electron chi connectivity index (χ4n) is 5.01. The standard InChI is InChI=1S/C26H33N3OS/c1-17-12-13-22-21(15-17)9-6-14-29(22)24-16-18(2)26(19(3)27-24)28-25(31)11-5-8-20-7-4-10-23(20)30/h12-13,15-16,20H,4-11,14H2,1-3H3,(H,28,31). The number of rotatable bonds is 6. The van der Waals surface area contributed by atoms with Crippen molar-refractivity contribution in [2.24, 2.45) is 5.92 Å². The smallest absolute Gasteiger partial charge is 0.135 e. The Kier molecular flexibility index (Phi) is 6.71. The predicted molar refractivity (Wildman–Crippen MR) is 133 cm³/mol. The van der Waals surface area contributed by atoms with Gasteiger partial charge in [0.2, 0.25) is 0 Å². The van der Waals surface area contributed by atoms with Crippen LogP contribution in [0, 0.1) is 26.7 Å². The summed E-state index contributed by atoms with van der Waals surface area (Å²) in [7, 11) is 0. The lowest BCUT2D eigenvalue weighted by Crippen LogP contribution is -2.26. The zero-order valence-electron chi connectivity index (χ0n) is 19.0. The SMILES string of the molecule is Cc1ccc2c(c1)CCCN2c1cc(C)c(NC(=S)CCCC2CCCC2=O)c(C)n1. The summed E-state index contributed by atoms with van der Waals surface area (Å²) in [4.78, 5) is 20.0. The molecule has 4 rings (SSSR count). The predicted octanol–water partition coefficient (Wildman–Crippen LogP) is 6.37. The van der Waals surface area contributed by atoms with Gasteiger partial charge < -0.3 is 10.2 Å².